The van der Waals surface area contributed by atoms with Crippen LogP contribution in [0.4, 0.5) is 0 Å². The summed E-state index contributed by atoms with van der Waals surface area (Å²) in [7, 11) is 2.01. The number of rotatable bonds is 7. The quantitative estimate of drug-likeness (QED) is 0.792. The van der Waals surface area contributed by atoms with Gasteiger partial charge in [-0.3, -0.25) is 9.69 Å². The molecule has 136 valence electrons. The normalized spacial score (nSPS) is 17.1. The molecular formula is C19H32ClN3O. The molecule has 4 nitrogen and oxygen atoms in total. The first-order valence-electron chi connectivity index (χ1n) is 8.82. The summed E-state index contributed by atoms with van der Waals surface area (Å²) in [6.07, 6.45) is 3.66. The van der Waals surface area contributed by atoms with Gasteiger partial charge in [-0.15, -0.1) is 12.4 Å². The molecule has 1 fully saturated rings. The Balaban J connectivity index is 0.00000288. The zero-order valence-electron chi connectivity index (χ0n) is 15.2. The summed E-state index contributed by atoms with van der Waals surface area (Å²) < 4.78 is 0. The number of nitrogens with one attached hydrogen (secondary N) is 2. The molecule has 1 aliphatic rings. The zero-order valence-corrected chi connectivity index (χ0v) is 16.0. The third kappa shape index (κ3) is 6.42. The standard InChI is InChI=1S/C19H31N3O.ClH/c1-15-4-6-18(7-5-15)14-21-19(23)16(2)22-12-9-17(10-13-22)8-11-20-3;/h4-7,16-17,20H,8-14H2,1-3H3,(H,21,23);1H. The number of likely N-dealkylation sites (tertiary alicyclic amines) is 1. The number of aryl methyl sites for hydroxylation is 1. The molecule has 1 saturated heterocycles. The van der Waals surface area contributed by atoms with Gasteiger partial charge in [0.15, 0.2) is 0 Å². The van der Waals surface area contributed by atoms with Gasteiger partial charge in [-0.25, -0.2) is 0 Å². The topological polar surface area (TPSA) is 44.4 Å². The van der Waals surface area contributed by atoms with Crippen molar-refractivity contribution in [2.45, 2.75) is 45.7 Å². The smallest absolute Gasteiger partial charge is 0.237 e. The van der Waals surface area contributed by atoms with E-state index < -0.39 is 0 Å². The van der Waals surface area contributed by atoms with Gasteiger partial charge in [0, 0.05) is 6.54 Å². The van der Waals surface area contributed by atoms with Gasteiger partial charge in [0.1, 0.15) is 0 Å². The molecule has 5 heteroatoms. The Bertz CT molecular complexity index is 484. The van der Waals surface area contributed by atoms with Crippen molar-refractivity contribution in [3.8, 4) is 0 Å². The van der Waals surface area contributed by atoms with Gasteiger partial charge in [0.25, 0.3) is 0 Å². The number of benzene rings is 1. The lowest BCUT2D eigenvalue weighted by Crippen LogP contribution is -2.48. The number of amides is 1. The highest BCUT2D eigenvalue weighted by atomic mass is 35.5. The molecule has 2 N–H and O–H groups in total. The summed E-state index contributed by atoms with van der Waals surface area (Å²) in [6, 6.07) is 8.29. The molecule has 0 radical (unpaired) electrons. The molecule has 0 spiro atoms. The summed E-state index contributed by atoms with van der Waals surface area (Å²) in [6.45, 7) is 7.88. The van der Waals surface area contributed by atoms with Crippen molar-refractivity contribution in [3.63, 3.8) is 0 Å². The monoisotopic (exact) mass is 353 g/mol. The molecule has 1 aromatic rings. The second-order valence-electron chi connectivity index (χ2n) is 6.75. The Morgan fingerprint density at radius 3 is 2.46 bits per heavy atom. The van der Waals surface area contributed by atoms with E-state index in [1.54, 1.807) is 0 Å². The van der Waals surface area contributed by atoms with Gasteiger partial charge in [-0.05, 0) is 71.3 Å². The van der Waals surface area contributed by atoms with E-state index in [9.17, 15) is 4.79 Å². The molecule has 1 atom stereocenters. The van der Waals surface area contributed by atoms with Crippen LogP contribution in [0, 0.1) is 12.8 Å². The Morgan fingerprint density at radius 1 is 1.25 bits per heavy atom. The third-order valence-corrected chi connectivity index (χ3v) is 4.97. The molecule has 2 rings (SSSR count). The van der Waals surface area contributed by atoms with E-state index in [2.05, 4.69) is 46.7 Å². The first-order chi connectivity index (χ1) is 11.1. The van der Waals surface area contributed by atoms with Crippen molar-refractivity contribution in [1.82, 2.24) is 15.5 Å². The molecule has 1 heterocycles. The highest BCUT2D eigenvalue weighted by Crippen LogP contribution is 2.21. The Kier molecular flexibility index (Phi) is 9.34. The van der Waals surface area contributed by atoms with Gasteiger partial charge in [-0.2, -0.15) is 0 Å². The zero-order chi connectivity index (χ0) is 16.7. The van der Waals surface area contributed by atoms with Crippen molar-refractivity contribution in [2.75, 3.05) is 26.7 Å². The van der Waals surface area contributed by atoms with E-state index >= 15 is 0 Å². The largest absolute Gasteiger partial charge is 0.351 e. The summed E-state index contributed by atoms with van der Waals surface area (Å²) in [5.41, 5.74) is 2.40. The van der Waals surface area contributed by atoms with Crippen molar-refractivity contribution in [3.05, 3.63) is 35.4 Å². The molecule has 1 aromatic carbocycles. The van der Waals surface area contributed by atoms with Gasteiger partial charge in [0.2, 0.25) is 5.91 Å². The Hall–Kier alpha value is -1.10. The highest BCUT2D eigenvalue weighted by Gasteiger charge is 2.26. The summed E-state index contributed by atoms with van der Waals surface area (Å²) in [5, 5.41) is 6.30. The molecule has 1 aliphatic heterocycles. The predicted octanol–water partition coefficient (Wildman–Crippen LogP) is 2.74. The lowest BCUT2D eigenvalue weighted by atomic mass is 9.93. The minimum Gasteiger partial charge on any atom is -0.351 e. The lowest BCUT2D eigenvalue weighted by Gasteiger charge is -2.35. The number of halogens is 1. The minimum atomic E-state index is -0.0364. The van der Waals surface area contributed by atoms with Crippen LogP contribution in [0.25, 0.3) is 0 Å². The first-order valence-corrected chi connectivity index (χ1v) is 8.82. The number of hydrogen-bond acceptors (Lipinski definition) is 3. The predicted molar refractivity (Wildman–Crippen MR) is 103 cm³/mol. The van der Waals surface area contributed by atoms with E-state index in [1.807, 2.05) is 14.0 Å². The van der Waals surface area contributed by atoms with Crippen LogP contribution in [0.15, 0.2) is 24.3 Å². The molecular weight excluding hydrogens is 322 g/mol. The number of piperidine rings is 1. The third-order valence-electron chi connectivity index (χ3n) is 4.97. The Labute approximate surface area is 152 Å². The molecule has 0 aromatic heterocycles. The van der Waals surface area contributed by atoms with Gasteiger partial charge >= 0.3 is 0 Å². The Morgan fingerprint density at radius 2 is 1.88 bits per heavy atom. The maximum absolute atomic E-state index is 12.4. The summed E-state index contributed by atoms with van der Waals surface area (Å²) >= 11 is 0. The lowest BCUT2D eigenvalue weighted by molar-refractivity contribution is -0.126. The van der Waals surface area contributed by atoms with Gasteiger partial charge in [0.05, 0.1) is 6.04 Å². The average Bonchev–Trinajstić information content (AvgIpc) is 2.59. The maximum Gasteiger partial charge on any atom is 0.237 e. The maximum atomic E-state index is 12.4. The van der Waals surface area contributed by atoms with Crippen molar-refractivity contribution >= 4 is 18.3 Å². The molecule has 1 unspecified atom stereocenters. The van der Waals surface area contributed by atoms with Crippen molar-refractivity contribution in [1.29, 1.82) is 0 Å². The van der Waals surface area contributed by atoms with Crippen molar-refractivity contribution in [2.24, 2.45) is 5.92 Å². The van der Waals surface area contributed by atoms with Crippen LogP contribution in [0.1, 0.15) is 37.3 Å². The number of nitrogens with zero attached hydrogens (tertiary/aromatic N) is 1. The fraction of sp³-hybridized carbons (Fsp3) is 0.632. The number of carbonyl (C=O) groups excluding carboxylic acids is 1. The average molecular weight is 354 g/mol. The van der Waals surface area contributed by atoms with E-state index in [4.69, 9.17) is 0 Å². The number of carbonyl (C=O) groups is 1. The first kappa shape index (κ1) is 20.9. The molecule has 0 bridgehead atoms. The molecule has 0 aliphatic carbocycles. The fourth-order valence-electron chi connectivity index (χ4n) is 3.19. The van der Waals surface area contributed by atoms with E-state index in [-0.39, 0.29) is 24.4 Å². The van der Waals surface area contributed by atoms with Crippen molar-refractivity contribution < 1.29 is 4.79 Å². The van der Waals surface area contributed by atoms with E-state index in [1.165, 1.54) is 24.8 Å². The molecule has 24 heavy (non-hydrogen) atoms. The molecule has 0 saturated carbocycles. The summed E-state index contributed by atoms with van der Waals surface area (Å²) in [5.74, 6) is 0.945. The van der Waals surface area contributed by atoms with Crippen LogP contribution < -0.4 is 10.6 Å². The highest BCUT2D eigenvalue weighted by molar-refractivity contribution is 5.85. The van der Waals surface area contributed by atoms with Crippen LogP contribution >= 0.6 is 12.4 Å². The second-order valence-corrected chi connectivity index (χ2v) is 6.75. The van der Waals surface area contributed by atoms with Crippen LogP contribution in [0.5, 0.6) is 0 Å². The van der Waals surface area contributed by atoms with Crippen LogP contribution in [0.2, 0.25) is 0 Å². The minimum absolute atomic E-state index is 0. The van der Waals surface area contributed by atoms with Crippen LogP contribution in [-0.2, 0) is 11.3 Å². The van der Waals surface area contributed by atoms with Gasteiger partial charge < -0.3 is 10.6 Å². The SMILES string of the molecule is CNCCC1CCN(C(C)C(=O)NCc2ccc(C)cc2)CC1.Cl. The fourth-order valence-corrected chi connectivity index (χ4v) is 3.19. The van der Waals surface area contributed by atoms with E-state index in [0.717, 1.165) is 31.1 Å². The number of hydrogen-bond donors (Lipinski definition) is 2. The van der Waals surface area contributed by atoms with Gasteiger partial charge in [-0.1, -0.05) is 29.8 Å². The summed E-state index contributed by atoms with van der Waals surface area (Å²) in [4.78, 5) is 14.7. The van der Waals surface area contributed by atoms with E-state index in [0.29, 0.717) is 6.54 Å². The second kappa shape index (κ2) is 10.7. The van der Waals surface area contributed by atoms with Crippen LogP contribution in [-0.4, -0.2) is 43.5 Å². The molecule has 1 amide bonds. The van der Waals surface area contributed by atoms with Crippen LogP contribution in [0.3, 0.4) is 0 Å².